The molecule has 0 aliphatic carbocycles. The summed E-state index contributed by atoms with van der Waals surface area (Å²) in [4.78, 5) is 0. The van der Waals surface area contributed by atoms with Crippen molar-refractivity contribution in [3.8, 4) is 22.3 Å². The fraction of sp³-hybridized carbons (Fsp3) is 0.0400. The van der Waals surface area contributed by atoms with Crippen molar-refractivity contribution in [3.05, 3.63) is 109 Å². The maximum absolute atomic E-state index is 3.53. The van der Waals surface area contributed by atoms with Crippen LogP contribution in [0.1, 0.15) is 5.56 Å². The molecular weight excluding hydrogens is 314 g/mol. The van der Waals surface area contributed by atoms with Crippen LogP contribution >= 0.6 is 0 Å². The molecule has 126 valence electrons. The van der Waals surface area contributed by atoms with Gasteiger partial charge in [0.2, 0.25) is 0 Å². The lowest BCUT2D eigenvalue weighted by Crippen LogP contribution is -1.93. The second-order valence-corrected chi connectivity index (χ2v) is 6.47. The maximum atomic E-state index is 3.53. The van der Waals surface area contributed by atoms with Gasteiger partial charge in [0.25, 0.3) is 0 Å². The van der Waals surface area contributed by atoms with Gasteiger partial charge in [-0.2, -0.15) is 0 Å². The zero-order valence-corrected chi connectivity index (χ0v) is 14.8. The highest BCUT2D eigenvalue weighted by molar-refractivity contribution is 5.76. The summed E-state index contributed by atoms with van der Waals surface area (Å²) in [7, 11) is 0. The Hall–Kier alpha value is -3.32. The first-order chi connectivity index (χ1) is 12.8. The Kier molecular flexibility index (Phi) is 4.53. The van der Waals surface area contributed by atoms with E-state index in [1.54, 1.807) is 0 Å². The van der Waals surface area contributed by atoms with Gasteiger partial charge in [-0.25, -0.2) is 0 Å². The van der Waals surface area contributed by atoms with Gasteiger partial charge in [0.05, 0.1) is 0 Å². The van der Waals surface area contributed by atoms with Crippen LogP contribution in [-0.2, 0) is 0 Å². The molecule has 1 nitrogen and oxygen atoms in total. The minimum atomic E-state index is 1.10. The van der Waals surface area contributed by atoms with Crippen molar-refractivity contribution in [2.75, 3.05) is 5.32 Å². The predicted octanol–water partition coefficient (Wildman–Crippen LogP) is 7.07. The van der Waals surface area contributed by atoms with Crippen LogP contribution in [0.15, 0.2) is 103 Å². The van der Waals surface area contributed by atoms with Crippen LogP contribution in [0.25, 0.3) is 22.3 Å². The average Bonchev–Trinajstić information content (AvgIpc) is 2.71. The number of anilines is 2. The van der Waals surface area contributed by atoms with Crippen LogP contribution in [0.3, 0.4) is 0 Å². The van der Waals surface area contributed by atoms with Gasteiger partial charge in [0.1, 0.15) is 0 Å². The average molecular weight is 335 g/mol. The third-order valence-electron chi connectivity index (χ3n) is 4.59. The molecular formula is C25H21N. The Bertz CT molecular complexity index is 1020. The van der Waals surface area contributed by atoms with Crippen molar-refractivity contribution < 1.29 is 0 Å². The topological polar surface area (TPSA) is 12.0 Å². The normalized spacial score (nSPS) is 10.5. The first-order valence-corrected chi connectivity index (χ1v) is 8.88. The molecule has 4 aromatic rings. The first kappa shape index (κ1) is 16.2. The van der Waals surface area contributed by atoms with Crippen LogP contribution in [-0.4, -0.2) is 0 Å². The molecule has 4 rings (SSSR count). The molecule has 0 radical (unpaired) electrons. The van der Waals surface area contributed by atoms with Crippen LogP contribution in [0.4, 0.5) is 11.4 Å². The van der Waals surface area contributed by atoms with Gasteiger partial charge < -0.3 is 5.32 Å². The Morgan fingerprint density at radius 3 is 1.85 bits per heavy atom. The van der Waals surface area contributed by atoms with Crippen molar-refractivity contribution in [1.29, 1.82) is 0 Å². The molecule has 0 saturated heterocycles. The van der Waals surface area contributed by atoms with Gasteiger partial charge in [0, 0.05) is 11.4 Å². The molecule has 0 aliphatic heterocycles. The van der Waals surface area contributed by atoms with E-state index in [1.807, 2.05) is 6.07 Å². The second-order valence-electron chi connectivity index (χ2n) is 6.47. The summed E-state index contributed by atoms with van der Waals surface area (Å²) < 4.78 is 0. The SMILES string of the molecule is Cc1ccccc1Nc1cccc(-c2cccc(-c3ccccc3)c2)c1. The zero-order chi connectivity index (χ0) is 17.8. The molecule has 1 heteroatoms. The molecule has 0 spiro atoms. The summed E-state index contributed by atoms with van der Waals surface area (Å²) >= 11 is 0. The van der Waals surface area contributed by atoms with Crippen molar-refractivity contribution in [1.82, 2.24) is 0 Å². The van der Waals surface area contributed by atoms with E-state index in [4.69, 9.17) is 0 Å². The number of benzene rings is 4. The molecule has 0 atom stereocenters. The van der Waals surface area contributed by atoms with E-state index in [0.29, 0.717) is 0 Å². The van der Waals surface area contributed by atoms with Crippen molar-refractivity contribution >= 4 is 11.4 Å². The third-order valence-corrected chi connectivity index (χ3v) is 4.59. The highest BCUT2D eigenvalue weighted by Crippen LogP contribution is 2.29. The summed E-state index contributed by atoms with van der Waals surface area (Å²) in [5.41, 5.74) is 8.39. The molecule has 0 fully saturated rings. The van der Waals surface area contributed by atoms with E-state index in [0.717, 1.165) is 11.4 Å². The molecule has 0 heterocycles. The molecule has 0 amide bonds. The predicted molar refractivity (Wildman–Crippen MR) is 112 cm³/mol. The van der Waals surface area contributed by atoms with E-state index in [-0.39, 0.29) is 0 Å². The molecule has 0 aromatic heterocycles. The minimum Gasteiger partial charge on any atom is -0.355 e. The van der Waals surface area contributed by atoms with Crippen molar-refractivity contribution in [3.63, 3.8) is 0 Å². The number of para-hydroxylation sites is 1. The largest absolute Gasteiger partial charge is 0.355 e. The van der Waals surface area contributed by atoms with Crippen molar-refractivity contribution in [2.24, 2.45) is 0 Å². The minimum absolute atomic E-state index is 1.10. The highest BCUT2D eigenvalue weighted by Gasteiger charge is 2.04. The fourth-order valence-corrected chi connectivity index (χ4v) is 3.15. The lowest BCUT2D eigenvalue weighted by molar-refractivity contribution is 1.43. The summed E-state index contributed by atoms with van der Waals surface area (Å²) in [5, 5.41) is 3.53. The van der Waals surface area contributed by atoms with Gasteiger partial charge in [-0.1, -0.05) is 78.9 Å². The van der Waals surface area contributed by atoms with Gasteiger partial charge in [0.15, 0.2) is 0 Å². The summed E-state index contributed by atoms with van der Waals surface area (Å²) in [6, 6.07) is 36.1. The number of rotatable bonds is 4. The molecule has 4 aromatic carbocycles. The molecule has 0 aliphatic rings. The molecule has 26 heavy (non-hydrogen) atoms. The Balaban J connectivity index is 1.66. The van der Waals surface area contributed by atoms with Crippen LogP contribution in [0, 0.1) is 6.92 Å². The van der Waals surface area contributed by atoms with E-state index in [9.17, 15) is 0 Å². The van der Waals surface area contributed by atoms with Crippen LogP contribution in [0.5, 0.6) is 0 Å². The molecule has 0 unspecified atom stereocenters. The van der Waals surface area contributed by atoms with E-state index in [2.05, 4.69) is 109 Å². The van der Waals surface area contributed by atoms with E-state index in [1.165, 1.54) is 27.8 Å². The molecule has 1 N–H and O–H groups in total. The second kappa shape index (κ2) is 7.28. The fourth-order valence-electron chi connectivity index (χ4n) is 3.15. The number of nitrogens with one attached hydrogen (secondary N) is 1. The van der Waals surface area contributed by atoms with E-state index >= 15 is 0 Å². The summed E-state index contributed by atoms with van der Waals surface area (Å²) in [5.74, 6) is 0. The smallest absolute Gasteiger partial charge is 0.0413 e. The molecule has 0 bridgehead atoms. The Morgan fingerprint density at radius 1 is 0.500 bits per heavy atom. The number of hydrogen-bond acceptors (Lipinski definition) is 1. The van der Waals surface area contributed by atoms with Gasteiger partial charge in [-0.05, 0) is 59.0 Å². The summed E-state index contributed by atoms with van der Waals surface area (Å²) in [6.45, 7) is 2.12. The third kappa shape index (κ3) is 3.52. The van der Waals surface area contributed by atoms with Gasteiger partial charge >= 0.3 is 0 Å². The van der Waals surface area contributed by atoms with Crippen LogP contribution in [0.2, 0.25) is 0 Å². The Morgan fingerprint density at radius 2 is 1.08 bits per heavy atom. The zero-order valence-electron chi connectivity index (χ0n) is 14.8. The highest BCUT2D eigenvalue weighted by atomic mass is 14.9. The van der Waals surface area contributed by atoms with Gasteiger partial charge in [-0.15, -0.1) is 0 Å². The quantitative estimate of drug-likeness (QED) is 0.420. The number of aryl methyl sites for hydroxylation is 1. The lowest BCUT2D eigenvalue weighted by atomic mass is 9.99. The Labute approximate surface area is 155 Å². The van der Waals surface area contributed by atoms with Crippen LogP contribution < -0.4 is 5.32 Å². The standard InChI is InChI=1S/C25H21N/c1-19-9-5-6-16-25(19)26-24-15-8-14-23(18-24)22-13-7-12-21(17-22)20-10-3-2-4-11-20/h2-18,26H,1H3. The lowest BCUT2D eigenvalue weighted by Gasteiger charge is -2.11. The van der Waals surface area contributed by atoms with Crippen molar-refractivity contribution in [2.45, 2.75) is 6.92 Å². The number of hydrogen-bond donors (Lipinski definition) is 1. The monoisotopic (exact) mass is 335 g/mol. The summed E-state index contributed by atoms with van der Waals surface area (Å²) in [6.07, 6.45) is 0. The first-order valence-electron chi connectivity index (χ1n) is 8.88. The molecule has 0 saturated carbocycles. The van der Waals surface area contributed by atoms with E-state index < -0.39 is 0 Å². The van der Waals surface area contributed by atoms with Gasteiger partial charge in [-0.3, -0.25) is 0 Å². The maximum Gasteiger partial charge on any atom is 0.0413 e.